The summed E-state index contributed by atoms with van der Waals surface area (Å²) in [6.07, 6.45) is 12.9. The van der Waals surface area contributed by atoms with E-state index in [9.17, 15) is 9.59 Å². The summed E-state index contributed by atoms with van der Waals surface area (Å²) in [5, 5.41) is 13.0. The molecule has 2 aliphatic carbocycles. The van der Waals surface area contributed by atoms with Crippen LogP contribution in [-0.2, 0) is 27.0 Å². The van der Waals surface area contributed by atoms with Crippen LogP contribution >= 0.6 is 0 Å². The van der Waals surface area contributed by atoms with Crippen molar-refractivity contribution in [2.75, 3.05) is 26.2 Å². The fourth-order valence-corrected chi connectivity index (χ4v) is 8.69. The number of nitrogens with zero attached hydrogens (tertiary/aromatic N) is 7. The number of benzene rings is 1. The summed E-state index contributed by atoms with van der Waals surface area (Å²) >= 11 is 0. The molecule has 0 spiro atoms. The normalized spacial score (nSPS) is 23.7. The second-order valence-corrected chi connectivity index (χ2v) is 15.0. The van der Waals surface area contributed by atoms with E-state index in [1.54, 1.807) is 16.9 Å². The Kier molecular flexibility index (Phi) is 13.0. The summed E-state index contributed by atoms with van der Waals surface area (Å²) in [6.45, 7) is 9.17. The second kappa shape index (κ2) is 17.0. The molecule has 4 aliphatic rings. The molecule has 6 heterocycles. The number of nitrogens with one attached hydrogen (secondary N) is 3. The van der Waals surface area contributed by atoms with Crippen LogP contribution in [0.25, 0.3) is 11.0 Å². The van der Waals surface area contributed by atoms with Gasteiger partial charge in [0.25, 0.3) is 11.1 Å². The van der Waals surface area contributed by atoms with Crippen LogP contribution in [-0.4, -0.2) is 81.2 Å². The predicted octanol–water partition coefficient (Wildman–Crippen LogP) is 3.06. The van der Waals surface area contributed by atoms with E-state index in [1.807, 2.05) is 4.52 Å². The van der Waals surface area contributed by atoms with Crippen molar-refractivity contribution in [3.8, 4) is 0 Å². The first-order valence-electron chi connectivity index (χ1n) is 18.4. The number of fused-ring (bicyclic) bond motifs is 2. The van der Waals surface area contributed by atoms with Crippen LogP contribution < -0.4 is 16.4 Å². The van der Waals surface area contributed by atoms with E-state index in [-0.39, 0.29) is 54.3 Å². The van der Waals surface area contributed by atoms with Crippen LogP contribution in [0.4, 0.5) is 0 Å². The summed E-state index contributed by atoms with van der Waals surface area (Å²) in [5.74, 6) is 5.86. The van der Waals surface area contributed by atoms with E-state index in [0.717, 1.165) is 81.7 Å². The van der Waals surface area contributed by atoms with Gasteiger partial charge in [-0.25, -0.2) is 19.0 Å². The van der Waals surface area contributed by atoms with Gasteiger partial charge in [-0.3, -0.25) is 14.5 Å². The number of aromatic nitrogens is 8. The number of hydrogen-bond acceptors (Lipinski definition) is 8. The molecule has 0 amide bonds. The monoisotopic (exact) mass is 806 g/mol. The van der Waals surface area contributed by atoms with Crippen molar-refractivity contribution < 1.29 is 31.4 Å². The molecular weight excluding hydrogens is 755 g/mol. The number of rotatable bonds is 6. The molecule has 4 unspecified atom stereocenters. The maximum Gasteiger partial charge on any atom is 0.276 e. The van der Waals surface area contributed by atoms with Crippen molar-refractivity contribution in [1.82, 2.24) is 49.4 Å². The van der Waals surface area contributed by atoms with E-state index in [4.69, 9.17) is 10.2 Å². The molecule has 5 aromatic rings. The SMILES string of the molecule is CC1CN(Cc2ccccc2)CC1c1nn2c(C3CCCC3)ncc2c(=O)[nH]1.CC1CNCC1c1nn2c(C3CCCC3)ncc2c(=O)[nH]1.O.O.[Pd]. The minimum Gasteiger partial charge on any atom is -0.412 e. The number of hydrogen-bond donors (Lipinski definition) is 3. The smallest absolute Gasteiger partial charge is 0.276 e. The van der Waals surface area contributed by atoms with Gasteiger partial charge in [-0.1, -0.05) is 69.9 Å². The Hall–Kier alpha value is -3.58. The number of likely N-dealkylation sites (tertiary alicyclic amines) is 1. The van der Waals surface area contributed by atoms with Gasteiger partial charge in [0, 0.05) is 70.3 Å². The maximum atomic E-state index is 12.7. The molecule has 52 heavy (non-hydrogen) atoms. The molecular formula is C37H52N10O4Pd. The Morgan fingerprint density at radius 1 is 0.692 bits per heavy atom. The molecule has 14 nitrogen and oxygen atoms in total. The van der Waals surface area contributed by atoms with E-state index >= 15 is 0 Å². The first kappa shape index (κ1) is 39.6. The molecule has 15 heteroatoms. The zero-order chi connectivity index (χ0) is 33.5. The standard InChI is InChI=1S/C22H27N5O.C15H21N5O.2H2O.Pd/c1-15-12-26(13-16-7-3-2-4-8-16)14-18(15)20-24-22(28)19-11-23-21(27(19)25-20)17-9-5-6-10-17;1-9-6-16-7-11(9)13-18-15(21)12-8-17-14(20(12)19-13)10-4-2-3-5-10;;;/h2-4,7-8,11,15,17-18H,5-6,9-10,12-14H2,1H3,(H,24,25,28);8-11,16H,2-7H2,1H3,(H,18,19,21);2*1H2;. The Morgan fingerprint density at radius 3 is 1.71 bits per heavy atom. The average molecular weight is 807 g/mol. The summed E-state index contributed by atoms with van der Waals surface area (Å²) in [7, 11) is 0. The minimum atomic E-state index is -0.0737. The third kappa shape index (κ3) is 7.86. The Labute approximate surface area is 316 Å². The molecule has 2 saturated heterocycles. The van der Waals surface area contributed by atoms with Gasteiger partial charge in [-0.2, -0.15) is 10.2 Å². The van der Waals surface area contributed by atoms with Crippen molar-refractivity contribution in [3.63, 3.8) is 0 Å². The van der Waals surface area contributed by atoms with Gasteiger partial charge in [-0.05, 0) is 49.6 Å². The quantitative estimate of drug-likeness (QED) is 0.217. The summed E-state index contributed by atoms with van der Waals surface area (Å²) in [6, 6.07) is 10.6. The van der Waals surface area contributed by atoms with Gasteiger partial charge < -0.3 is 26.2 Å². The summed E-state index contributed by atoms with van der Waals surface area (Å²) < 4.78 is 3.63. The minimum absolute atomic E-state index is 0. The van der Waals surface area contributed by atoms with Crippen LogP contribution in [0, 0.1) is 11.8 Å². The molecule has 7 N–H and O–H groups in total. The Balaban J connectivity index is 0.000000197. The summed E-state index contributed by atoms with van der Waals surface area (Å²) in [5.41, 5.74) is 2.31. The van der Waals surface area contributed by atoms with Crippen LogP contribution in [0.1, 0.15) is 118 Å². The molecule has 2 aliphatic heterocycles. The molecule has 2 saturated carbocycles. The molecule has 9 rings (SSSR count). The summed E-state index contributed by atoms with van der Waals surface area (Å²) in [4.78, 5) is 42.5. The molecule has 4 fully saturated rings. The first-order valence-corrected chi connectivity index (χ1v) is 18.4. The Bertz CT molecular complexity index is 2030. The van der Waals surface area contributed by atoms with Crippen molar-refractivity contribution in [1.29, 1.82) is 0 Å². The van der Waals surface area contributed by atoms with E-state index in [2.05, 4.69) is 74.3 Å². The van der Waals surface area contributed by atoms with Crippen LogP contribution in [0.2, 0.25) is 0 Å². The molecule has 4 aromatic heterocycles. The third-order valence-corrected chi connectivity index (χ3v) is 11.5. The zero-order valence-electron chi connectivity index (χ0n) is 30.0. The van der Waals surface area contributed by atoms with Crippen LogP contribution in [0.15, 0.2) is 52.3 Å². The van der Waals surface area contributed by atoms with E-state index in [1.165, 1.54) is 31.2 Å². The van der Waals surface area contributed by atoms with E-state index in [0.29, 0.717) is 34.7 Å². The van der Waals surface area contributed by atoms with E-state index < -0.39 is 0 Å². The molecule has 0 radical (unpaired) electrons. The van der Waals surface area contributed by atoms with Crippen LogP contribution in [0.3, 0.4) is 0 Å². The fraction of sp³-hybridized carbons (Fsp3) is 0.568. The fourth-order valence-electron chi connectivity index (χ4n) is 8.69. The average Bonchev–Trinajstić information content (AvgIpc) is 3.94. The zero-order valence-corrected chi connectivity index (χ0v) is 31.5. The Morgan fingerprint density at radius 2 is 1.21 bits per heavy atom. The molecule has 1 aromatic carbocycles. The van der Waals surface area contributed by atoms with Gasteiger partial charge in [0.05, 0.1) is 12.4 Å². The molecule has 4 atom stereocenters. The topological polar surface area (TPSA) is 204 Å². The van der Waals surface area contributed by atoms with Gasteiger partial charge in [0.2, 0.25) is 0 Å². The first-order chi connectivity index (χ1) is 23.9. The largest absolute Gasteiger partial charge is 0.412 e. The van der Waals surface area contributed by atoms with Crippen molar-refractivity contribution in [2.24, 2.45) is 11.8 Å². The van der Waals surface area contributed by atoms with Crippen molar-refractivity contribution in [3.05, 3.63) is 92.3 Å². The van der Waals surface area contributed by atoms with Crippen LogP contribution in [0.5, 0.6) is 0 Å². The van der Waals surface area contributed by atoms with Crippen molar-refractivity contribution >= 4 is 11.0 Å². The maximum absolute atomic E-state index is 12.7. The van der Waals surface area contributed by atoms with Crippen molar-refractivity contribution in [2.45, 2.75) is 95.4 Å². The van der Waals surface area contributed by atoms with Gasteiger partial charge in [-0.15, -0.1) is 0 Å². The van der Waals surface area contributed by atoms with Gasteiger partial charge in [0.15, 0.2) is 11.0 Å². The number of aromatic amines is 2. The third-order valence-electron chi connectivity index (χ3n) is 11.5. The predicted molar refractivity (Wildman–Crippen MR) is 195 cm³/mol. The molecule has 284 valence electrons. The number of imidazole rings is 2. The number of H-pyrrole nitrogens is 2. The second-order valence-electron chi connectivity index (χ2n) is 15.0. The molecule has 0 bridgehead atoms. The van der Waals surface area contributed by atoms with Gasteiger partial charge in [0.1, 0.15) is 23.3 Å². The van der Waals surface area contributed by atoms with Gasteiger partial charge >= 0.3 is 0 Å².